The Morgan fingerprint density at radius 3 is 2.00 bits per heavy atom. The fourth-order valence-electron chi connectivity index (χ4n) is 0.705. The summed E-state index contributed by atoms with van der Waals surface area (Å²) in [5, 5.41) is 0. The summed E-state index contributed by atoms with van der Waals surface area (Å²) < 4.78 is 21.5. The Morgan fingerprint density at radius 2 is 1.64 bits per heavy atom. The highest BCUT2D eigenvalue weighted by Crippen LogP contribution is 2.13. The molecule has 0 aromatic heterocycles. The zero-order valence-corrected chi connectivity index (χ0v) is 7.58. The van der Waals surface area contributed by atoms with Crippen LogP contribution in [0.25, 0.3) is 0 Å². The average Bonchev–Trinajstić information content (AvgIpc) is 1.86. The van der Waals surface area contributed by atoms with Crippen molar-refractivity contribution in [3.05, 3.63) is 29.8 Å². The number of aryl methyl sites for hydroxylation is 1. The molecule has 2 nitrogen and oxygen atoms in total. The third kappa shape index (κ3) is 2.24. The summed E-state index contributed by atoms with van der Waals surface area (Å²) in [5.74, 6) is 0. The van der Waals surface area contributed by atoms with E-state index in [0.29, 0.717) is 0 Å². The van der Waals surface area contributed by atoms with E-state index in [2.05, 4.69) is 11.7 Å². The molecule has 1 aromatic rings. The summed E-state index contributed by atoms with van der Waals surface area (Å²) in [6.45, 7) is 1.89. The van der Waals surface area contributed by atoms with Gasteiger partial charge >= 0.3 is 0 Å². The molecule has 0 aliphatic carbocycles. The van der Waals surface area contributed by atoms with Crippen molar-refractivity contribution in [3.8, 4) is 0 Å². The van der Waals surface area contributed by atoms with Crippen LogP contribution in [0.4, 0.5) is 0 Å². The monoisotopic (exact) mass is 187 g/mol. The molecule has 0 spiro atoms. The van der Waals surface area contributed by atoms with Gasteiger partial charge < -0.3 is 0 Å². The normalized spacial score (nSPS) is 11.5. The van der Waals surface area contributed by atoms with Crippen LogP contribution < -0.4 is 0 Å². The smallest absolute Gasteiger partial charge is 0.211 e. The van der Waals surface area contributed by atoms with E-state index < -0.39 is 8.87 Å². The van der Waals surface area contributed by atoms with Crippen molar-refractivity contribution in [2.24, 2.45) is 0 Å². The first-order valence-electron chi connectivity index (χ1n) is 3.03. The summed E-state index contributed by atoms with van der Waals surface area (Å²) in [4.78, 5) is 0.193. The first-order valence-corrected chi connectivity index (χ1v) is 5.43. The average molecular weight is 187 g/mol. The lowest BCUT2D eigenvalue weighted by Crippen LogP contribution is -1.89. The lowest BCUT2D eigenvalue weighted by molar-refractivity contribution is 0.611. The van der Waals surface area contributed by atoms with E-state index in [1.807, 2.05) is 6.92 Å². The summed E-state index contributed by atoms with van der Waals surface area (Å²) in [6.07, 6.45) is 0. The van der Waals surface area contributed by atoms with Gasteiger partial charge in [0.05, 0.1) is 16.6 Å². The Bertz CT molecular complexity index is 337. The van der Waals surface area contributed by atoms with Crippen LogP contribution in [0.15, 0.2) is 29.2 Å². The van der Waals surface area contributed by atoms with Gasteiger partial charge in [-0.1, -0.05) is 17.7 Å². The van der Waals surface area contributed by atoms with Gasteiger partial charge in [0, 0.05) is 0 Å². The van der Waals surface area contributed by atoms with Crippen molar-refractivity contribution in [1.29, 1.82) is 0 Å². The van der Waals surface area contributed by atoms with Gasteiger partial charge in [0.15, 0.2) is 0 Å². The van der Waals surface area contributed by atoms with Crippen LogP contribution >= 0.6 is 11.7 Å². The van der Waals surface area contributed by atoms with Crippen molar-refractivity contribution >= 4 is 20.5 Å². The van der Waals surface area contributed by atoms with Gasteiger partial charge in [0.2, 0.25) is 8.87 Å². The summed E-state index contributed by atoms with van der Waals surface area (Å²) in [7, 11) is -3.44. The van der Waals surface area contributed by atoms with Gasteiger partial charge in [-0.25, -0.2) is 8.42 Å². The Morgan fingerprint density at radius 1 is 1.18 bits per heavy atom. The molecule has 0 aliphatic heterocycles. The fourth-order valence-corrected chi connectivity index (χ4v) is 1.51. The third-order valence-electron chi connectivity index (χ3n) is 1.31. The maximum absolute atomic E-state index is 10.8. The van der Waals surface area contributed by atoms with Crippen LogP contribution in [0.5, 0.6) is 0 Å². The summed E-state index contributed by atoms with van der Waals surface area (Å²) in [6, 6.07) is 6.47. The van der Waals surface area contributed by atoms with Gasteiger partial charge in [0.25, 0.3) is 0 Å². The molecule has 0 atom stereocenters. The van der Waals surface area contributed by atoms with Gasteiger partial charge in [-0.05, 0) is 19.1 Å². The number of hydrogen-bond donors (Lipinski definition) is 0. The van der Waals surface area contributed by atoms with Gasteiger partial charge in [0.1, 0.15) is 0 Å². The highest BCUT2D eigenvalue weighted by molar-refractivity contribution is 8.63. The lowest BCUT2D eigenvalue weighted by Gasteiger charge is -1.95. The second-order valence-corrected chi connectivity index (χ2v) is 4.96. The van der Waals surface area contributed by atoms with Crippen LogP contribution in [0.3, 0.4) is 0 Å². The Labute approximate surface area is 71.0 Å². The lowest BCUT2D eigenvalue weighted by atomic mass is 10.2. The van der Waals surface area contributed by atoms with E-state index in [1.54, 1.807) is 12.1 Å². The van der Waals surface area contributed by atoms with Crippen LogP contribution in [0.1, 0.15) is 5.56 Å². The maximum Gasteiger partial charge on any atom is 0.240 e. The molecule has 1 rings (SSSR count). The Kier molecular flexibility index (Phi) is 2.25. The van der Waals surface area contributed by atoms with Gasteiger partial charge in [-0.2, -0.15) is 0 Å². The van der Waals surface area contributed by atoms with Crippen LogP contribution in [-0.4, -0.2) is 8.42 Å². The van der Waals surface area contributed by atoms with Crippen LogP contribution in [0, 0.1) is 6.92 Å². The molecule has 0 fully saturated rings. The first kappa shape index (κ1) is 8.62. The van der Waals surface area contributed by atoms with Crippen molar-refractivity contribution in [3.63, 3.8) is 0 Å². The van der Waals surface area contributed by atoms with Gasteiger partial charge in [-0.15, -0.1) is 0 Å². The quantitative estimate of drug-likeness (QED) is 0.629. The van der Waals surface area contributed by atoms with Crippen molar-refractivity contribution in [2.45, 2.75) is 11.8 Å². The highest BCUT2D eigenvalue weighted by atomic mass is 33.1. The van der Waals surface area contributed by atoms with E-state index in [0.717, 1.165) is 5.56 Å². The number of rotatable bonds is 1. The second-order valence-electron chi connectivity index (χ2n) is 2.27. The highest BCUT2D eigenvalue weighted by Gasteiger charge is 2.06. The van der Waals surface area contributed by atoms with E-state index in [-0.39, 0.29) is 4.90 Å². The van der Waals surface area contributed by atoms with E-state index >= 15 is 0 Å². The van der Waals surface area contributed by atoms with E-state index in [9.17, 15) is 8.42 Å². The van der Waals surface area contributed by atoms with Crippen molar-refractivity contribution in [2.75, 3.05) is 0 Å². The molecular formula is C7H7O2S2. The third-order valence-corrected chi connectivity index (χ3v) is 2.74. The van der Waals surface area contributed by atoms with Crippen molar-refractivity contribution in [1.82, 2.24) is 0 Å². The maximum atomic E-state index is 10.8. The molecule has 0 amide bonds. The molecule has 0 bridgehead atoms. The Hall–Kier alpha value is -0.480. The minimum absolute atomic E-state index is 0.193. The summed E-state index contributed by atoms with van der Waals surface area (Å²) >= 11 is 4.27. The minimum atomic E-state index is -3.44. The molecule has 0 saturated heterocycles. The largest absolute Gasteiger partial charge is 0.240 e. The molecule has 0 heterocycles. The summed E-state index contributed by atoms with van der Waals surface area (Å²) in [5.41, 5.74) is 1.02. The molecule has 4 heteroatoms. The first-order chi connectivity index (χ1) is 5.00. The van der Waals surface area contributed by atoms with Crippen molar-refractivity contribution < 1.29 is 8.42 Å². The molecule has 1 radical (unpaired) electrons. The molecular weight excluding hydrogens is 180 g/mol. The van der Waals surface area contributed by atoms with E-state index in [4.69, 9.17) is 0 Å². The SMILES string of the molecule is Cc1ccc(S(=O)(=O)[S])cc1. The molecule has 0 saturated carbocycles. The van der Waals surface area contributed by atoms with Gasteiger partial charge in [-0.3, -0.25) is 0 Å². The zero-order valence-electron chi connectivity index (χ0n) is 5.94. The molecule has 1 aromatic carbocycles. The van der Waals surface area contributed by atoms with Crippen LogP contribution in [0.2, 0.25) is 0 Å². The number of hydrogen-bond acceptors (Lipinski definition) is 2. The minimum Gasteiger partial charge on any atom is -0.211 e. The second kappa shape index (κ2) is 2.87. The topological polar surface area (TPSA) is 34.1 Å². The molecule has 59 valence electrons. The molecule has 0 N–H and O–H groups in total. The fraction of sp³-hybridized carbons (Fsp3) is 0.143. The van der Waals surface area contributed by atoms with Crippen LogP contribution in [-0.2, 0) is 8.87 Å². The predicted octanol–water partition coefficient (Wildman–Crippen LogP) is 1.88. The molecule has 11 heavy (non-hydrogen) atoms. The zero-order chi connectivity index (χ0) is 8.48. The Balaban J connectivity index is 3.20. The predicted molar refractivity (Wildman–Crippen MR) is 46.0 cm³/mol. The molecule has 0 unspecified atom stereocenters. The van der Waals surface area contributed by atoms with E-state index in [1.165, 1.54) is 12.1 Å². The molecule has 0 aliphatic rings. The standard InChI is InChI=1S/C7H7O2S2/c1-6-2-4-7(5-3-6)11(8,9)10/h2-5H,1H3. The number of benzene rings is 1.